The van der Waals surface area contributed by atoms with Gasteiger partial charge in [-0.15, -0.1) is 0 Å². The zero-order valence-electron chi connectivity index (χ0n) is 26.3. The van der Waals surface area contributed by atoms with Crippen molar-refractivity contribution >= 4 is 51.1 Å². The van der Waals surface area contributed by atoms with Gasteiger partial charge in [-0.3, -0.25) is 9.59 Å². The van der Waals surface area contributed by atoms with Gasteiger partial charge < -0.3 is 14.7 Å². The number of rotatable bonds is 10. The van der Waals surface area contributed by atoms with Gasteiger partial charge in [-0.25, -0.2) is 0 Å². The number of ether oxygens (including phenoxy) is 1. The fourth-order valence-electron chi connectivity index (χ4n) is 7.31. The number of anilines is 1. The highest BCUT2D eigenvalue weighted by atomic mass is 16.5. The molecule has 2 aliphatic heterocycles. The minimum Gasteiger partial charge on any atom is -0.481 e. The first-order valence-corrected chi connectivity index (χ1v) is 15.5. The Labute approximate surface area is 264 Å². The monoisotopic (exact) mass is 599 g/mol. The predicted molar refractivity (Wildman–Crippen MR) is 182 cm³/mol. The molecule has 0 saturated heterocycles. The van der Waals surface area contributed by atoms with E-state index in [1.54, 1.807) is 0 Å². The van der Waals surface area contributed by atoms with E-state index in [0.717, 1.165) is 22.8 Å². The second kappa shape index (κ2) is 11.8. The van der Waals surface area contributed by atoms with Crippen molar-refractivity contribution in [2.45, 2.75) is 44.9 Å². The number of carboxylic acids is 1. The highest BCUT2D eigenvalue weighted by Gasteiger charge is 2.45. The summed E-state index contributed by atoms with van der Waals surface area (Å²) in [6.07, 6.45) is 10.4. The molecule has 4 aromatic rings. The number of hydrogen-bond acceptors (Lipinski definition) is 4. The molecule has 0 bridgehead atoms. The van der Waals surface area contributed by atoms with E-state index in [4.69, 9.17) is 4.74 Å². The van der Waals surface area contributed by atoms with Crippen LogP contribution >= 0.6 is 0 Å². The van der Waals surface area contributed by atoms with Crippen molar-refractivity contribution in [3.63, 3.8) is 0 Å². The summed E-state index contributed by atoms with van der Waals surface area (Å²) >= 11 is 0. The van der Waals surface area contributed by atoms with Crippen LogP contribution in [0.4, 0.5) is 11.4 Å². The lowest BCUT2D eigenvalue weighted by Gasteiger charge is -2.26. The predicted octanol–water partition coefficient (Wildman–Crippen LogP) is 7.81. The van der Waals surface area contributed by atoms with Crippen LogP contribution in [-0.2, 0) is 25.2 Å². The number of carbonyl (C=O) groups excluding carboxylic acids is 1. The summed E-state index contributed by atoms with van der Waals surface area (Å²) in [4.78, 5) is 24.7. The first-order valence-electron chi connectivity index (χ1n) is 15.5. The van der Waals surface area contributed by atoms with Gasteiger partial charge in [0.15, 0.2) is 12.3 Å². The number of aliphatic carboxylic acids is 1. The molecule has 0 saturated carbocycles. The van der Waals surface area contributed by atoms with Crippen molar-refractivity contribution in [3.8, 4) is 0 Å². The number of hydrogen-bond donors (Lipinski definition) is 1. The third-order valence-corrected chi connectivity index (χ3v) is 9.29. The van der Waals surface area contributed by atoms with Crippen LogP contribution in [0, 0.1) is 0 Å². The quantitative estimate of drug-likeness (QED) is 0.0872. The number of benzene rings is 4. The van der Waals surface area contributed by atoms with Crippen LogP contribution in [0.5, 0.6) is 0 Å². The van der Waals surface area contributed by atoms with Gasteiger partial charge in [-0.05, 0) is 59.2 Å². The molecule has 4 aromatic carbocycles. The Morgan fingerprint density at radius 1 is 0.844 bits per heavy atom. The van der Waals surface area contributed by atoms with Crippen molar-refractivity contribution in [2.75, 3.05) is 24.6 Å². The molecule has 1 N–H and O–H groups in total. The van der Waals surface area contributed by atoms with Crippen LogP contribution in [0.2, 0.25) is 0 Å². The Bertz CT molecular complexity index is 1940. The van der Waals surface area contributed by atoms with Crippen LogP contribution < -0.4 is 4.90 Å². The van der Waals surface area contributed by atoms with Gasteiger partial charge in [0.2, 0.25) is 5.69 Å². The first kappa shape index (κ1) is 30.1. The number of fused-ring (bicyclic) bond motifs is 6. The van der Waals surface area contributed by atoms with Gasteiger partial charge in [0.25, 0.3) is 6.47 Å². The fraction of sp³-hybridized carbons (Fsp3) is 0.256. The van der Waals surface area contributed by atoms with E-state index < -0.39 is 5.97 Å². The topological polar surface area (TPSA) is 69.8 Å². The molecule has 6 heteroatoms. The van der Waals surface area contributed by atoms with Gasteiger partial charge in [0.1, 0.15) is 6.61 Å². The molecule has 0 amide bonds. The maximum Gasteiger partial charge on any atom is 0.305 e. The summed E-state index contributed by atoms with van der Waals surface area (Å²) in [5.74, 6) is -0.812. The normalized spacial score (nSPS) is 17.6. The summed E-state index contributed by atoms with van der Waals surface area (Å²) in [7, 11) is 0. The molecule has 6 nitrogen and oxygen atoms in total. The van der Waals surface area contributed by atoms with Gasteiger partial charge in [-0.1, -0.05) is 86.7 Å². The van der Waals surface area contributed by atoms with Gasteiger partial charge in [0, 0.05) is 41.1 Å². The molecule has 2 heterocycles. The highest BCUT2D eigenvalue weighted by Crippen LogP contribution is 2.51. The summed E-state index contributed by atoms with van der Waals surface area (Å²) in [5.41, 5.74) is 6.30. The fourth-order valence-corrected chi connectivity index (χ4v) is 7.31. The van der Waals surface area contributed by atoms with Crippen LogP contribution in [0.15, 0.2) is 109 Å². The minimum absolute atomic E-state index is 0.0512. The molecular weight excluding hydrogens is 560 g/mol. The molecular formula is C39H39N2O4+. The molecule has 6 rings (SSSR count). The highest BCUT2D eigenvalue weighted by molar-refractivity contribution is 6.07. The Morgan fingerprint density at radius 2 is 1.51 bits per heavy atom. The smallest absolute Gasteiger partial charge is 0.305 e. The number of allylic oxidation sites excluding steroid dienone is 6. The SMILES string of the molecule is CC1(C)C(/C=C/C=C/C=C2/N(CCC(=O)O)c3ccc4ccccc4c3C2(C)C)=[N+](CCOC=O)c2ccc3ccccc3c21. The summed E-state index contributed by atoms with van der Waals surface area (Å²) < 4.78 is 7.36. The van der Waals surface area contributed by atoms with Gasteiger partial charge in [-0.2, -0.15) is 4.58 Å². The summed E-state index contributed by atoms with van der Waals surface area (Å²) in [5, 5.41) is 14.3. The lowest BCUT2D eigenvalue weighted by atomic mass is 9.79. The van der Waals surface area contributed by atoms with Crippen molar-refractivity contribution in [1.82, 2.24) is 0 Å². The van der Waals surface area contributed by atoms with E-state index in [1.165, 1.54) is 32.7 Å². The lowest BCUT2D eigenvalue weighted by molar-refractivity contribution is -0.440. The van der Waals surface area contributed by atoms with E-state index in [1.807, 2.05) is 18.2 Å². The van der Waals surface area contributed by atoms with Crippen LogP contribution in [0.3, 0.4) is 0 Å². The summed E-state index contributed by atoms with van der Waals surface area (Å²) in [6, 6.07) is 25.4. The molecule has 0 radical (unpaired) electrons. The van der Waals surface area contributed by atoms with Crippen LogP contribution in [0.25, 0.3) is 21.5 Å². The van der Waals surface area contributed by atoms with Crippen LogP contribution in [0.1, 0.15) is 45.2 Å². The second-order valence-electron chi connectivity index (χ2n) is 12.7. The Kier molecular flexibility index (Phi) is 7.92. The lowest BCUT2D eigenvalue weighted by Crippen LogP contribution is -2.28. The molecule has 0 atom stereocenters. The van der Waals surface area contributed by atoms with Crippen molar-refractivity contribution in [2.24, 2.45) is 0 Å². The zero-order chi connectivity index (χ0) is 31.8. The molecule has 0 unspecified atom stereocenters. The van der Waals surface area contributed by atoms with Crippen molar-refractivity contribution in [3.05, 3.63) is 120 Å². The van der Waals surface area contributed by atoms with Crippen molar-refractivity contribution < 1.29 is 24.0 Å². The zero-order valence-corrected chi connectivity index (χ0v) is 26.3. The summed E-state index contributed by atoms with van der Waals surface area (Å²) in [6.45, 7) is 10.7. The van der Waals surface area contributed by atoms with Gasteiger partial charge >= 0.3 is 5.97 Å². The number of carboxylic acid groups (broad SMARTS) is 1. The third kappa shape index (κ3) is 5.24. The molecule has 0 spiro atoms. The Morgan fingerprint density at radius 3 is 2.20 bits per heavy atom. The molecule has 2 aliphatic rings. The Balaban J connectivity index is 1.35. The standard InChI is InChI=1S/C39H38N2O4/c1-38(2)33(40(23-22-35(43)44)31-20-18-27-12-8-10-14-29(27)36(31)38)16-6-5-7-17-34-39(3,4)37-30-15-11-9-13-28(30)19-21-32(37)41(34)24-25-45-26-42/h5-21,26H,22-25H2,1-4H3/p+1. The maximum atomic E-state index is 11.6. The minimum atomic E-state index is -0.812. The van der Waals surface area contributed by atoms with E-state index in [9.17, 15) is 14.7 Å². The van der Waals surface area contributed by atoms with Crippen LogP contribution in [-0.4, -0.2) is 47.5 Å². The van der Waals surface area contributed by atoms with E-state index in [-0.39, 0.29) is 17.3 Å². The second-order valence-corrected chi connectivity index (χ2v) is 12.7. The van der Waals surface area contributed by atoms with E-state index in [0.29, 0.717) is 26.2 Å². The first-order chi connectivity index (χ1) is 21.7. The largest absolute Gasteiger partial charge is 0.481 e. The molecule has 0 fully saturated rings. The molecule has 228 valence electrons. The average Bonchev–Trinajstić information content (AvgIpc) is 3.38. The number of carbonyl (C=O) groups is 2. The van der Waals surface area contributed by atoms with Gasteiger partial charge in [0.05, 0.1) is 11.8 Å². The van der Waals surface area contributed by atoms with E-state index >= 15 is 0 Å². The molecule has 0 aliphatic carbocycles. The Hall–Kier alpha value is -4.97. The molecule has 45 heavy (non-hydrogen) atoms. The van der Waals surface area contributed by atoms with E-state index in [2.05, 4.69) is 122 Å². The van der Waals surface area contributed by atoms with Crippen molar-refractivity contribution in [1.29, 1.82) is 0 Å². The third-order valence-electron chi connectivity index (χ3n) is 9.29. The maximum absolute atomic E-state index is 11.6. The average molecular weight is 600 g/mol. The number of nitrogens with zero attached hydrogens (tertiary/aromatic N) is 2. The molecule has 0 aromatic heterocycles.